The Kier molecular flexibility index (Phi) is 4.63. The minimum atomic E-state index is -3.14. The third-order valence-electron chi connectivity index (χ3n) is 4.13. The van der Waals surface area contributed by atoms with Crippen molar-refractivity contribution in [2.24, 2.45) is 0 Å². The van der Waals surface area contributed by atoms with Gasteiger partial charge in [0.1, 0.15) is 5.75 Å². The first kappa shape index (κ1) is 15.7. The van der Waals surface area contributed by atoms with E-state index in [2.05, 4.69) is 16.2 Å². The number of aromatic nitrogens is 2. The van der Waals surface area contributed by atoms with Crippen molar-refractivity contribution < 1.29 is 12.9 Å². The van der Waals surface area contributed by atoms with Gasteiger partial charge in [0.05, 0.1) is 5.56 Å². The van der Waals surface area contributed by atoms with Crippen LogP contribution < -0.4 is 0 Å². The maximum absolute atomic E-state index is 11.6. The predicted octanol–water partition coefficient (Wildman–Crippen LogP) is 3.78. The van der Waals surface area contributed by atoms with E-state index >= 15 is 0 Å². The van der Waals surface area contributed by atoms with Gasteiger partial charge in [0.25, 0.3) is 5.89 Å². The van der Waals surface area contributed by atoms with E-state index in [0.717, 1.165) is 5.56 Å². The quantitative estimate of drug-likeness (QED) is 0.828. The Morgan fingerprint density at radius 3 is 2.82 bits per heavy atom. The standard InChI is InChI=1S/C15H20N2O3S2/c1-2-22(18,19)10-14-16-15(20-17-14)12-8-13(21-9-12)11-6-4-3-5-7-11/h8-9,11H,2-7,10H2,1H3. The Morgan fingerprint density at radius 2 is 2.09 bits per heavy atom. The zero-order chi connectivity index (χ0) is 15.6. The van der Waals surface area contributed by atoms with Gasteiger partial charge in [-0.1, -0.05) is 31.3 Å². The largest absolute Gasteiger partial charge is 0.334 e. The first-order valence-electron chi connectivity index (χ1n) is 7.69. The van der Waals surface area contributed by atoms with Crippen LogP contribution in [-0.4, -0.2) is 24.3 Å². The highest BCUT2D eigenvalue weighted by atomic mass is 32.2. The number of rotatable bonds is 5. The molecule has 0 unspecified atom stereocenters. The molecule has 2 heterocycles. The molecule has 3 rings (SSSR count). The molecular weight excluding hydrogens is 320 g/mol. The van der Waals surface area contributed by atoms with Gasteiger partial charge in [0.2, 0.25) is 0 Å². The average Bonchev–Trinajstić information content (AvgIpc) is 3.17. The molecule has 7 heteroatoms. The van der Waals surface area contributed by atoms with E-state index in [1.807, 2.05) is 5.38 Å². The van der Waals surface area contributed by atoms with Crippen LogP contribution in [0.15, 0.2) is 16.0 Å². The van der Waals surface area contributed by atoms with Crippen molar-refractivity contribution in [3.63, 3.8) is 0 Å². The van der Waals surface area contributed by atoms with Gasteiger partial charge in [0.15, 0.2) is 15.7 Å². The maximum atomic E-state index is 11.6. The molecular formula is C15H20N2O3S2. The number of hydrogen-bond donors (Lipinski definition) is 0. The first-order valence-corrected chi connectivity index (χ1v) is 10.4. The summed E-state index contributed by atoms with van der Waals surface area (Å²) in [6.45, 7) is 1.62. The van der Waals surface area contributed by atoms with Crippen molar-refractivity contribution in [1.82, 2.24) is 10.1 Å². The molecule has 1 fully saturated rings. The number of nitrogens with zero attached hydrogens (tertiary/aromatic N) is 2. The first-order chi connectivity index (χ1) is 10.6. The zero-order valence-electron chi connectivity index (χ0n) is 12.6. The smallest absolute Gasteiger partial charge is 0.258 e. The van der Waals surface area contributed by atoms with Crippen LogP contribution >= 0.6 is 11.3 Å². The fourth-order valence-electron chi connectivity index (χ4n) is 2.79. The molecule has 120 valence electrons. The maximum Gasteiger partial charge on any atom is 0.258 e. The summed E-state index contributed by atoms with van der Waals surface area (Å²) < 4.78 is 28.4. The highest BCUT2D eigenvalue weighted by Crippen LogP contribution is 2.37. The summed E-state index contributed by atoms with van der Waals surface area (Å²) in [4.78, 5) is 5.59. The minimum absolute atomic E-state index is 0.0845. The molecule has 0 amide bonds. The summed E-state index contributed by atoms with van der Waals surface area (Å²) in [7, 11) is -3.14. The van der Waals surface area contributed by atoms with Gasteiger partial charge in [-0.3, -0.25) is 0 Å². The fourth-order valence-corrected chi connectivity index (χ4v) is 4.56. The van der Waals surface area contributed by atoms with Crippen molar-refractivity contribution in [1.29, 1.82) is 0 Å². The molecule has 5 nitrogen and oxygen atoms in total. The third-order valence-corrected chi connectivity index (χ3v) is 6.80. The monoisotopic (exact) mass is 340 g/mol. The Hall–Kier alpha value is -1.21. The van der Waals surface area contributed by atoms with Gasteiger partial charge < -0.3 is 4.52 Å². The molecule has 0 radical (unpaired) electrons. The summed E-state index contributed by atoms with van der Waals surface area (Å²) in [6, 6.07) is 2.12. The molecule has 0 spiro atoms. The minimum Gasteiger partial charge on any atom is -0.334 e. The second kappa shape index (κ2) is 6.50. The lowest BCUT2D eigenvalue weighted by Gasteiger charge is -2.19. The molecule has 0 atom stereocenters. The number of hydrogen-bond acceptors (Lipinski definition) is 6. The second-order valence-electron chi connectivity index (χ2n) is 5.77. The van der Waals surface area contributed by atoms with Gasteiger partial charge in [0, 0.05) is 16.0 Å². The molecule has 22 heavy (non-hydrogen) atoms. The molecule has 0 N–H and O–H groups in total. The van der Waals surface area contributed by atoms with E-state index in [1.54, 1.807) is 18.3 Å². The Morgan fingerprint density at radius 1 is 1.32 bits per heavy atom. The Labute approximate surface area is 134 Å². The second-order valence-corrected chi connectivity index (χ2v) is 9.06. The number of thiophene rings is 1. The van der Waals surface area contributed by atoms with Crippen molar-refractivity contribution in [3.05, 3.63) is 22.1 Å². The van der Waals surface area contributed by atoms with Crippen LogP contribution in [-0.2, 0) is 15.6 Å². The van der Waals surface area contributed by atoms with Crippen LogP contribution in [0.3, 0.4) is 0 Å². The summed E-state index contributed by atoms with van der Waals surface area (Å²) in [5.74, 6) is 1.23. The van der Waals surface area contributed by atoms with E-state index in [-0.39, 0.29) is 17.3 Å². The normalized spacial score (nSPS) is 17.0. The lowest BCUT2D eigenvalue weighted by Crippen LogP contribution is -2.07. The van der Waals surface area contributed by atoms with E-state index in [4.69, 9.17) is 4.52 Å². The third kappa shape index (κ3) is 3.57. The SMILES string of the molecule is CCS(=O)(=O)Cc1noc(-c2csc(C3CCCCC3)c2)n1. The van der Waals surface area contributed by atoms with Crippen molar-refractivity contribution >= 4 is 21.2 Å². The van der Waals surface area contributed by atoms with Crippen LogP contribution in [0.4, 0.5) is 0 Å². The number of sulfone groups is 1. The topological polar surface area (TPSA) is 73.1 Å². The van der Waals surface area contributed by atoms with E-state index < -0.39 is 9.84 Å². The Balaban J connectivity index is 1.75. The average molecular weight is 340 g/mol. The predicted molar refractivity (Wildman–Crippen MR) is 86.6 cm³/mol. The molecule has 1 saturated carbocycles. The molecule has 2 aromatic heterocycles. The molecule has 0 bridgehead atoms. The van der Waals surface area contributed by atoms with Crippen molar-refractivity contribution in [2.75, 3.05) is 5.75 Å². The fraction of sp³-hybridized carbons (Fsp3) is 0.600. The van der Waals surface area contributed by atoms with E-state index in [1.165, 1.54) is 37.0 Å². The van der Waals surface area contributed by atoms with Gasteiger partial charge >= 0.3 is 0 Å². The van der Waals surface area contributed by atoms with Crippen molar-refractivity contribution in [2.45, 2.75) is 50.7 Å². The summed E-state index contributed by atoms with van der Waals surface area (Å²) in [5.41, 5.74) is 0.901. The van der Waals surface area contributed by atoms with Gasteiger partial charge in [-0.25, -0.2) is 8.42 Å². The van der Waals surface area contributed by atoms with Gasteiger partial charge in [-0.2, -0.15) is 4.98 Å². The molecule has 0 aromatic carbocycles. The molecule has 2 aromatic rings. The van der Waals surface area contributed by atoms with Crippen LogP contribution in [0, 0.1) is 0 Å². The van der Waals surface area contributed by atoms with E-state index in [0.29, 0.717) is 11.8 Å². The van der Waals surface area contributed by atoms with Gasteiger partial charge in [-0.15, -0.1) is 11.3 Å². The summed E-state index contributed by atoms with van der Waals surface area (Å²) >= 11 is 1.73. The van der Waals surface area contributed by atoms with Crippen LogP contribution in [0.2, 0.25) is 0 Å². The molecule has 1 aliphatic rings. The van der Waals surface area contributed by atoms with Crippen LogP contribution in [0.1, 0.15) is 55.6 Å². The van der Waals surface area contributed by atoms with Crippen LogP contribution in [0.25, 0.3) is 11.5 Å². The highest BCUT2D eigenvalue weighted by molar-refractivity contribution is 7.90. The van der Waals surface area contributed by atoms with Gasteiger partial charge in [-0.05, 0) is 24.8 Å². The Bertz CT molecular complexity index is 728. The zero-order valence-corrected chi connectivity index (χ0v) is 14.3. The van der Waals surface area contributed by atoms with Crippen LogP contribution in [0.5, 0.6) is 0 Å². The van der Waals surface area contributed by atoms with Crippen molar-refractivity contribution in [3.8, 4) is 11.5 Å². The highest BCUT2D eigenvalue weighted by Gasteiger charge is 2.20. The van der Waals surface area contributed by atoms with E-state index in [9.17, 15) is 8.42 Å². The lowest BCUT2D eigenvalue weighted by molar-refractivity contribution is 0.424. The molecule has 1 aliphatic carbocycles. The molecule has 0 saturated heterocycles. The summed E-state index contributed by atoms with van der Waals surface area (Å²) in [5, 5.41) is 5.81. The summed E-state index contributed by atoms with van der Waals surface area (Å²) in [6.07, 6.45) is 6.45. The lowest BCUT2D eigenvalue weighted by atomic mass is 9.88. The molecule has 0 aliphatic heterocycles.